The zero-order valence-electron chi connectivity index (χ0n) is 10.6. The molecule has 2 heterocycles. The summed E-state index contributed by atoms with van der Waals surface area (Å²) in [6, 6.07) is 2.11. The minimum absolute atomic E-state index is 0.0126. The van der Waals surface area contributed by atoms with Gasteiger partial charge in [0.15, 0.2) is 0 Å². The average molecular weight is 268 g/mol. The Balaban J connectivity index is 1.82. The van der Waals surface area contributed by atoms with Crippen molar-refractivity contribution < 1.29 is 9.53 Å². The first-order valence-electron chi connectivity index (χ1n) is 6.43. The van der Waals surface area contributed by atoms with E-state index >= 15 is 0 Å². The largest absolute Gasteiger partial charge is 0.364 e. The Kier molecular flexibility index (Phi) is 4.74. The molecular formula is C13H20N2O2S. The Morgan fingerprint density at radius 1 is 1.61 bits per heavy atom. The number of nitrogens with one attached hydrogen (secondary N) is 1. The number of hydrogen-bond donors (Lipinski definition) is 2. The lowest BCUT2D eigenvalue weighted by Crippen LogP contribution is -2.35. The lowest BCUT2D eigenvalue weighted by atomic mass is 10.2. The van der Waals surface area contributed by atoms with E-state index in [4.69, 9.17) is 10.5 Å². The molecule has 1 aromatic rings. The maximum absolute atomic E-state index is 11.9. The van der Waals surface area contributed by atoms with Crippen LogP contribution in [0.4, 0.5) is 0 Å². The first-order chi connectivity index (χ1) is 8.74. The van der Waals surface area contributed by atoms with Gasteiger partial charge in [0.2, 0.25) is 5.91 Å². The van der Waals surface area contributed by atoms with Gasteiger partial charge in [0.25, 0.3) is 0 Å². The molecule has 0 saturated carbocycles. The zero-order chi connectivity index (χ0) is 13.0. The van der Waals surface area contributed by atoms with Crippen LogP contribution in [0.3, 0.4) is 0 Å². The van der Waals surface area contributed by atoms with Crippen molar-refractivity contribution in [2.45, 2.75) is 44.9 Å². The van der Waals surface area contributed by atoms with Crippen LogP contribution in [0.5, 0.6) is 0 Å². The Morgan fingerprint density at radius 3 is 3.11 bits per heavy atom. The molecule has 1 amide bonds. The number of carbonyl (C=O) groups is 1. The summed E-state index contributed by atoms with van der Waals surface area (Å²) < 4.78 is 5.57. The lowest BCUT2D eigenvalue weighted by Gasteiger charge is -2.12. The molecule has 2 unspecified atom stereocenters. The van der Waals surface area contributed by atoms with Gasteiger partial charge in [-0.05, 0) is 36.3 Å². The van der Waals surface area contributed by atoms with Crippen molar-refractivity contribution in [3.05, 3.63) is 21.9 Å². The average Bonchev–Trinajstić information content (AvgIpc) is 3.04. The Morgan fingerprint density at radius 2 is 2.44 bits per heavy atom. The number of aryl methyl sites for hydroxylation is 1. The van der Waals surface area contributed by atoms with Crippen molar-refractivity contribution in [3.8, 4) is 0 Å². The summed E-state index contributed by atoms with van der Waals surface area (Å²) in [7, 11) is 0. The SMILES string of the molecule is CCc1ccsc1CNC(=O)C1CCC(CN)O1. The minimum atomic E-state index is -0.316. The normalized spacial score (nSPS) is 23.2. The van der Waals surface area contributed by atoms with Gasteiger partial charge in [-0.25, -0.2) is 0 Å². The number of ether oxygens (including phenoxy) is 1. The van der Waals surface area contributed by atoms with Gasteiger partial charge >= 0.3 is 0 Å². The first-order valence-corrected chi connectivity index (χ1v) is 7.31. The smallest absolute Gasteiger partial charge is 0.249 e. The number of amides is 1. The molecule has 0 bridgehead atoms. The maximum atomic E-state index is 11.9. The highest BCUT2D eigenvalue weighted by Gasteiger charge is 2.29. The van der Waals surface area contributed by atoms with Crippen LogP contribution in [0.2, 0.25) is 0 Å². The first kappa shape index (κ1) is 13.5. The second kappa shape index (κ2) is 6.31. The standard InChI is InChI=1S/C13H20N2O2S/c1-2-9-5-6-18-12(9)8-15-13(16)11-4-3-10(7-14)17-11/h5-6,10-11H,2-4,7-8,14H2,1H3,(H,15,16). The fourth-order valence-corrected chi connectivity index (χ4v) is 3.11. The van der Waals surface area contributed by atoms with Gasteiger partial charge in [0.1, 0.15) is 6.10 Å². The predicted molar refractivity (Wildman–Crippen MR) is 72.5 cm³/mol. The third kappa shape index (κ3) is 3.10. The predicted octanol–water partition coefficient (Wildman–Crippen LogP) is 1.43. The molecule has 2 atom stereocenters. The van der Waals surface area contributed by atoms with Crippen LogP contribution in [0.25, 0.3) is 0 Å². The van der Waals surface area contributed by atoms with E-state index in [0.717, 1.165) is 19.3 Å². The molecule has 1 aromatic heterocycles. The summed E-state index contributed by atoms with van der Waals surface area (Å²) in [6.45, 7) is 3.22. The molecule has 3 N–H and O–H groups in total. The molecule has 100 valence electrons. The van der Waals surface area contributed by atoms with Crippen LogP contribution >= 0.6 is 11.3 Å². The molecule has 5 heteroatoms. The van der Waals surface area contributed by atoms with Crippen LogP contribution in [-0.4, -0.2) is 24.7 Å². The minimum Gasteiger partial charge on any atom is -0.364 e. The van der Waals surface area contributed by atoms with Crippen LogP contribution in [0.15, 0.2) is 11.4 Å². The van der Waals surface area contributed by atoms with E-state index in [2.05, 4.69) is 23.7 Å². The van der Waals surface area contributed by atoms with Crippen molar-refractivity contribution in [1.82, 2.24) is 5.32 Å². The summed E-state index contributed by atoms with van der Waals surface area (Å²) in [5.41, 5.74) is 6.84. The molecule has 0 radical (unpaired) electrons. The van der Waals surface area contributed by atoms with Gasteiger partial charge in [-0.1, -0.05) is 6.92 Å². The van der Waals surface area contributed by atoms with Crippen molar-refractivity contribution in [2.75, 3.05) is 6.54 Å². The van der Waals surface area contributed by atoms with Gasteiger partial charge in [0.05, 0.1) is 12.6 Å². The lowest BCUT2D eigenvalue weighted by molar-refractivity contribution is -0.132. The van der Waals surface area contributed by atoms with Gasteiger partial charge in [-0.15, -0.1) is 11.3 Å². The van der Waals surface area contributed by atoms with Crippen LogP contribution in [0, 0.1) is 0 Å². The number of carbonyl (C=O) groups excluding carboxylic acids is 1. The molecule has 0 aliphatic carbocycles. The molecule has 1 aliphatic rings. The van der Waals surface area contributed by atoms with Gasteiger partial charge in [-0.2, -0.15) is 0 Å². The molecule has 18 heavy (non-hydrogen) atoms. The molecular weight excluding hydrogens is 248 g/mol. The number of thiophene rings is 1. The van der Waals surface area contributed by atoms with E-state index in [-0.39, 0.29) is 18.1 Å². The van der Waals surface area contributed by atoms with Crippen LogP contribution < -0.4 is 11.1 Å². The van der Waals surface area contributed by atoms with Gasteiger partial charge in [-0.3, -0.25) is 4.79 Å². The third-order valence-corrected chi connectivity index (χ3v) is 4.27. The van der Waals surface area contributed by atoms with E-state index in [1.54, 1.807) is 11.3 Å². The van der Waals surface area contributed by atoms with Crippen LogP contribution in [-0.2, 0) is 22.5 Å². The summed E-state index contributed by atoms with van der Waals surface area (Å²) in [6.07, 6.45) is 2.40. The molecule has 0 spiro atoms. The van der Waals surface area contributed by atoms with Crippen molar-refractivity contribution in [1.29, 1.82) is 0 Å². The second-order valence-corrected chi connectivity index (χ2v) is 5.50. The van der Waals surface area contributed by atoms with Gasteiger partial charge < -0.3 is 15.8 Å². The monoisotopic (exact) mass is 268 g/mol. The summed E-state index contributed by atoms with van der Waals surface area (Å²) in [4.78, 5) is 13.2. The fourth-order valence-electron chi connectivity index (χ4n) is 2.19. The van der Waals surface area contributed by atoms with Crippen molar-refractivity contribution in [3.63, 3.8) is 0 Å². The summed E-state index contributed by atoms with van der Waals surface area (Å²) in [5, 5.41) is 5.02. The van der Waals surface area contributed by atoms with E-state index in [0.29, 0.717) is 13.1 Å². The summed E-state index contributed by atoms with van der Waals surface area (Å²) in [5.74, 6) is -0.0126. The molecule has 4 nitrogen and oxygen atoms in total. The van der Waals surface area contributed by atoms with E-state index < -0.39 is 0 Å². The topological polar surface area (TPSA) is 64.4 Å². The Hall–Kier alpha value is -0.910. The quantitative estimate of drug-likeness (QED) is 0.849. The Bertz CT molecular complexity index is 405. The molecule has 2 rings (SSSR count). The molecule has 1 saturated heterocycles. The van der Waals surface area contributed by atoms with Crippen LogP contribution in [0.1, 0.15) is 30.2 Å². The second-order valence-electron chi connectivity index (χ2n) is 4.50. The molecule has 1 fully saturated rings. The number of nitrogens with two attached hydrogens (primary N) is 1. The number of hydrogen-bond acceptors (Lipinski definition) is 4. The highest BCUT2D eigenvalue weighted by molar-refractivity contribution is 7.10. The third-order valence-electron chi connectivity index (χ3n) is 3.30. The van der Waals surface area contributed by atoms with Crippen molar-refractivity contribution >= 4 is 17.2 Å². The fraction of sp³-hybridized carbons (Fsp3) is 0.615. The van der Waals surface area contributed by atoms with Crippen molar-refractivity contribution in [2.24, 2.45) is 5.73 Å². The number of rotatable bonds is 5. The molecule has 0 aromatic carbocycles. The zero-order valence-corrected chi connectivity index (χ0v) is 11.5. The van der Waals surface area contributed by atoms with Gasteiger partial charge in [0, 0.05) is 11.4 Å². The highest BCUT2D eigenvalue weighted by atomic mass is 32.1. The van der Waals surface area contributed by atoms with E-state index in [9.17, 15) is 4.79 Å². The maximum Gasteiger partial charge on any atom is 0.249 e. The Labute approximate surface area is 112 Å². The van der Waals surface area contributed by atoms with E-state index in [1.165, 1.54) is 10.4 Å². The van der Waals surface area contributed by atoms with E-state index in [1.807, 2.05) is 0 Å². The molecule has 1 aliphatic heterocycles. The highest BCUT2D eigenvalue weighted by Crippen LogP contribution is 2.20. The summed E-state index contributed by atoms with van der Waals surface area (Å²) >= 11 is 1.69.